The van der Waals surface area contributed by atoms with Gasteiger partial charge >= 0.3 is 0 Å². The first-order chi connectivity index (χ1) is 13.0. The van der Waals surface area contributed by atoms with Crippen LogP contribution in [0.1, 0.15) is 56.1 Å². The number of rotatable bonds is 3. The fraction of sp³-hybridized carbons (Fsp3) is 0.500. The summed E-state index contributed by atoms with van der Waals surface area (Å²) in [5, 5.41) is 5.17. The lowest BCUT2D eigenvalue weighted by atomic mass is 9.88. The van der Waals surface area contributed by atoms with Gasteiger partial charge in [0.15, 0.2) is 5.69 Å². The first kappa shape index (κ1) is 17.7. The lowest BCUT2D eigenvalue weighted by molar-refractivity contribution is -0.127. The third-order valence-electron chi connectivity index (χ3n) is 5.91. The maximum Gasteiger partial charge on any atom is 0.290 e. The quantitative estimate of drug-likeness (QED) is 0.812. The number of carbonyl (C=O) groups excluding carboxylic acids is 2. The molecule has 0 saturated heterocycles. The summed E-state index contributed by atoms with van der Waals surface area (Å²) in [6, 6.07) is 6.71. The van der Waals surface area contributed by atoms with Crippen LogP contribution in [-0.4, -0.2) is 21.6 Å². The largest absolute Gasteiger partial charge is 0.290 e. The lowest BCUT2D eigenvalue weighted by Gasteiger charge is -2.21. The summed E-state index contributed by atoms with van der Waals surface area (Å²) in [6.07, 6.45) is 4.35. The number of hydrogen-bond acceptors (Lipinski definition) is 4. The Kier molecular flexibility index (Phi) is 4.45. The fourth-order valence-corrected chi connectivity index (χ4v) is 4.56. The normalized spacial score (nSPS) is 23.7. The average Bonchev–Trinajstić information content (AvgIpc) is 3.29. The van der Waals surface area contributed by atoms with Crippen LogP contribution in [0, 0.1) is 17.8 Å². The number of nitrogens with one attached hydrogen (secondary N) is 2. The highest BCUT2D eigenvalue weighted by molar-refractivity contribution is 6.05. The van der Waals surface area contributed by atoms with Gasteiger partial charge in [-0.25, -0.2) is 4.68 Å². The SMILES string of the molecule is CC(C)n1nc(C(=O)NNC(=O)C2CC3CCC2C3)c2ccccc2c1=O. The van der Waals surface area contributed by atoms with E-state index in [4.69, 9.17) is 0 Å². The summed E-state index contributed by atoms with van der Waals surface area (Å²) in [5.74, 6) is 0.433. The van der Waals surface area contributed by atoms with Crippen LogP contribution in [0.5, 0.6) is 0 Å². The van der Waals surface area contributed by atoms with E-state index in [9.17, 15) is 14.4 Å². The molecule has 2 aromatic rings. The van der Waals surface area contributed by atoms with E-state index in [1.807, 2.05) is 13.8 Å². The summed E-state index contributed by atoms with van der Waals surface area (Å²) in [6.45, 7) is 3.67. The molecule has 3 atom stereocenters. The van der Waals surface area contributed by atoms with Crippen molar-refractivity contribution in [2.24, 2.45) is 17.8 Å². The van der Waals surface area contributed by atoms with Crippen LogP contribution in [0.15, 0.2) is 29.1 Å². The van der Waals surface area contributed by atoms with Crippen molar-refractivity contribution < 1.29 is 9.59 Å². The van der Waals surface area contributed by atoms with Crippen LogP contribution < -0.4 is 16.4 Å². The predicted molar refractivity (Wildman–Crippen MR) is 101 cm³/mol. The van der Waals surface area contributed by atoms with Crippen molar-refractivity contribution in [1.29, 1.82) is 0 Å². The Balaban J connectivity index is 1.56. The molecule has 142 valence electrons. The minimum Gasteiger partial charge on any atom is -0.273 e. The van der Waals surface area contributed by atoms with E-state index < -0.39 is 5.91 Å². The second-order valence-corrected chi connectivity index (χ2v) is 7.96. The van der Waals surface area contributed by atoms with Gasteiger partial charge in [-0.2, -0.15) is 5.10 Å². The van der Waals surface area contributed by atoms with E-state index in [2.05, 4.69) is 16.0 Å². The number of nitrogens with zero attached hydrogens (tertiary/aromatic N) is 2. The van der Waals surface area contributed by atoms with Gasteiger partial charge in [0, 0.05) is 11.3 Å². The molecule has 0 radical (unpaired) electrons. The monoisotopic (exact) mass is 368 g/mol. The maximum absolute atomic E-state index is 12.7. The van der Waals surface area contributed by atoms with Crippen molar-refractivity contribution in [3.05, 3.63) is 40.3 Å². The molecule has 7 heteroatoms. The molecule has 2 N–H and O–H groups in total. The molecule has 1 heterocycles. The summed E-state index contributed by atoms with van der Waals surface area (Å²) < 4.78 is 1.30. The van der Waals surface area contributed by atoms with E-state index in [0.717, 1.165) is 19.3 Å². The average molecular weight is 368 g/mol. The van der Waals surface area contributed by atoms with Crippen molar-refractivity contribution in [1.82, 2.24) is 20.6 Å². The molecule has 27 heavy (non-hydrogen) atoms. The van der Waals surface area contributed by atoms with Gasteiger partial charge in [0.25, 0.3) is 11.5 Å². The van der Waals surface area contributed by atoms with Gasteiger partial charge in [0.05, 0.1) is 11.4 Å². The van der Waals surface area contributed by atoms with Crippen LogP contribution in [0.2, 0.25) is 0 Å². The third kappa shape index (κ3) is 3.11. The highest BCUT2D eigenvalue weighted by Crippen LogP contribution is 2.48. The Bertz CT molecular complexity index is 965. The Labute approximate surface area is 157 Å². The number of aromatic nitrogens is 2. The van der Waals surface area contributed by atoms with Gasteiger partial charge in [-0.3, -0.25) is 25.2 Å². The fourth-order valence-electron chi connectivity index (χ4n) is 4.56. The predicted octanol–water partition coefficient (Wildman–Crippen LogP) is 2.17. The molecule has 3 unspecified atom stereocenters. The number of hydrogen-bond donors (Lipinski definition) is 2. The molecule has 2 aliphatic carbocycles. The third-order valence-corrected chi connectivity index (χ3v) is 5.91. The van der Waals surface area contributed by atoms with Crippen molar-refractivity contribution in [3.8, 4) is 0 Å². The summed E-state index contributed by atoms with van der Waals surface area (Å²) >= 11 is 0. The second kappa shape index (κ2) is 6.79. The Morgan fingerprint density at radius 2 is 1.85 bits per heavy atom. The molecular weight excluding hydrogens is 344 g/mol. The molecule has 1 aromatic carbocycles. The number of fused-ring (bicyclic) bond motifs is 3. The number of amides is 2. The van der Waals surface area contributed by atoms with E-state index in [0.29, 0.717) is 22.6 Å². The van der Waals surface area contributed by atoms with Crippen molar-refractivity contribution in [3.63, 3.8) is 0 Å². The molecule has 0 spiro atoms. The molecule has 2 aliphatic rings. The standard InChI is InChI=1S/C20H24N4O3/c1-11(2)24-20(27)15-6-4-3-5-14(15)17(23-24)19(26)22-21-18(25)16-10-12-7-8-13(16)9-12/h3-6,11-13,16H,7-10H2,1-2H3,(H,21,25)(H,22,26). The van der Waals surface area contributed by atoms with E-state index >= 15 is 0 Å². The van der Waals surface area contributed by atoms with Gasteiger partial charge in [-0.1, -0.05) is 24.6 Å². The molecule has 2 amide bonds. The smallest absolute Gasteiger partial charge is 0.273 e. The van der Waals surface area contributed by atoms with Crippen molar-refractivity contribution in [2.45, 2.75) is 45.6 Å². The minimum atomic E-state index is -0.517. The highest BCUT2D eigenvalue weighted by Gasteiger charge is 2.43. The van der Waals surface area contributed by atoms with Crippen LogP contribution in [0.25, 0.3) is 10.8 Å². The summed E-state index contributed by atoms with van der Waals surface area (Å²) in [7, 11) is 0. The lowest BCUT2D eigenvalue weighted by Crippen LogP contribution is -2.46. The Morgan fingerprint density at radius 1 is 1.11 bits per heavy atom. The molecule has 4 rings (SSSR count). The van der Waals surface area contributed by atoms with Gasteiger partial charge in [-0.15, -0.1) is 0 Å². The topological polar surface area (TPSA) is 93.1 Å². The van der Waals surface area contributed by atoms with E-state index in [1.165, 1.54) is 11.1 Å². The van der Waals surface area contributed by atoms with Gasteiger partial charge < -0.3 is 0 Å². The molecule has 2 bridgehead atoms. The van der Waals surface area contributed by atoms with Gasteiger partial charge in [0.1, 0.15) is 0 Å². The molecule has 2 fully saturated rings. The second-order valence-electron chi connectivity index (χ2n) is 7.96. The van der Waals surface area contributed by atoms with Crippen LogP contribution in [0.4, 0.5) is 0 Å². The maximum atomic E-state index is 12.7. The first-order valence-electron chi connectivity index (χ1n) is 9.57. The zero-order valence-corrected chi connectivity index (χ0v) is 15.6. The van der Waals surface area contributed by atoms with Crippen molar-refractivity contribution >= 4 is 22.6 Å². The van der Waals surface area contributed by atoms with Crippen molar-refractivity contribution in [2.75, 3.05) is 0 Å². The zero-order chi connectivity index (χ0) is 19.1. The van der Waals surface area contributed by atoms with Gasteiger partial charge in [0.2, 0.25) is 5.91 Å². The molecule has 0 aliphatic heterocycles. The number of carbonyl (C=O) groups is 2. The zero-order valence-electron chi connectivity index (χ0n) is 15.6. The molecular formula is C20H24N4O3. The molecule has 1 aromatic heterocycles. The highest BCUT2D eigenvalue weighted by atomic mass is 16.2. The first-order valence-corrected chi connectivity index (χ1v) is 9.57. The Hall–Kier alpha value is -2.70. The van der Waals surface area contributed by atoms with E-state index in [-0.39, 0.29) is 29.1 Å². The van der Waals surface area contributed by atoms with Crippen LogP contribution in [-0.2, 0) is 4.79 Å². The number of hydrazine groups is 1. The molecule has 2 saturated carbocycles. The minimum absolute atomic E-state index is 0.0154. The molecule has 7 nitrogen and oxygen atoms in total. The van der Waals surface area contributed by atoms with Gasteiger partial charge in [-0.05, 0) is 51.0 Å². The van der Waals surface area contributed by atoms with Crippen LogP contribution in [0.3, 0.4) is 0 Å². The van der Waals surface area contributed by atoms with Crippen LogP contribution >= 0.6 is 0 Å². The summed E-state index contributed by atoms with van der Waals surface area (Å²) in [5.41, 5.74) is 4.96. The summed E-state index contributed by atoms with van der Waals surface area (Å²) in [4.78, 5) is 37.7. The number of benzene rings is 1. The Morgan fingerprint density at radius 3 is 2.48 bits per heavy atom. The van der Waals surface area contributed by atoms with E-state index in [1.54, 1.807) is 24.3 Å².